The van der Waals surface area contributed by atoms with Crippen molar-refractivity contribution in [2.24, 2.45) is 0 Å². The lowest BCUT2D eigenvalue weighted by molar-refractivity contribution is -0.385. The standard InChI is InChI=1S/C13H18FN3O2/c1-2-16(9-10-4-3-7-15-10)13-6-5-11(17(18)19)8-12(13)14/h5-6,8,10,15H,2-4,7,9H2,1H3. The zero-order chi connectivity index (χ0) is 13.8. The lowest BCUT2D eigenvalue weighted by atomic mass is 10.2. The monoisotopic (exact) mass is 267 g/mol. The van der Waals surface area contributed by atoms with Crippen LogP contribution < -0.4 is 10.2 Å². The van der Waals surface area contributed by atoms with Crippen LogP contribution in [0.1, 0.15) is 19.8 Å². The molecular weight excluding hydrogens is 249 g/mol. The van der Waals surface area contributed by atoms with Crippen molar-refractivity contribution < 1.29 is 9.31 Å². The molecule has 1 fully saturated rings. The second-order valence-corrected chi connectivity index (χ2v) is 4.72. The van der Waals surface area contributed by atoms with Gasteiger partial charge in [0.15, 0.2) is 5.82 Å². The van der Waals surface area contributed by atoms with Crippen LogP contribution in [0.25, 0.3) is 0 Å². The van der Waals surface area contributed by atoms with Gasteiger partial charge in [-0.2, -0.15) is 0 Å². The molecule has 104 valence electrons. The van der Waals surface area contributed by atoms with Crippen molar-refractivity contribution in [2.75, 3.05) is 24.5 Å². The van der Waals surface area contributed by atoms with Crippen molar-refractivity contribution in [2.45, 2.75) is 25.8 Å². The van der Waals surface area contributed by atoms with E-state index in [1.54, 1.807) is 0 Å². The van der Waals surface area contributed by atoms with Crippen molar-refractivity contribution in [1.82, 2.24) is 5.32 Å². The number of likely N-dealkylation sites (N-methyl/N-ethyl adjacent to an activating group) is 1. The van der Waals surface area contributed by atoms with Crippen molar-refractivity contribution in [1.29, 1.82) is 0 Å². The first kappa shape index (κ1) is 13.7. The molecule has 1 saturated heterocycles. The van der Waals surface area contributed by atoms with E-state index in [1.165, 1.54) is 12.1 Å². The molecule has 5 nitrogen and oxygen atoms in total. The van der Waals surface area contributed by atoms with Crippen LogP contribution in [0.15, 0.2) is 18.2 Å². The highest BCUT2D eigenvalue weighted by atomic mass is 19.1. The molecule has 1 aromatic carbocycles. The lowest BCUT2D eigenvalue weighted by Gasteiger charge is -2.26. The van der Waals surface area contributed by atoms with Crippen molar-refractivity contribution in [3.8, 4) is 0 Å². The summed E-state index contributed by atoms with van der Waals surface area (Å²) in [5, 5.41) is 14.0. The molecule has 1 aromatic rings. The van der Waals surface area contributed by atoms with Crippen molar-refractivity contribution in [3.63, 3.8) is 0 Å². The van der Waals surface area contributed by atoms with Gasteiger partial charge in [-0.15, -0.1) is 0 Å². The number of hydrogen-bond donors (Lipinski definition) is 1. The van der Waals surface area contributed by atoms with Gasteiger partial charge in [0.1, 0.15) is 0 Å². The molecule has 0 amide bonds. The van der Waals surface area contributed by atoms with Gasteiger partial charge in [-0.1, -0.05) is 0 Å². The smallest absolute Gasteiger partial charge is 0.272 e. The van der Waals surface area contributed by atoms with Gasteiger partial charge in [0.05, 0.1) is 16.7 Å². The molecule has 1 heterocycles. The Morgan fingerprint density at radius 2 is 2.37 bits per heavy atom. The zero-order valence-electron chi connectivity index (χ0n) is 10.9. The van der Waals surface area contributed by atoms with Crippen LogP contribution in [0.4, 0.5) is 15.8 Å². The van der Waals surface area contributed by atoms with Gasteiger partial charge in [0.25, 0.3) is 5.69 Å². The quantitative estimate of drug-likeness (QED) is 0.657. The number of rotatable bonds is 5. The van der Waals surface area contributed by atoms with E-state index in [0.29, 0.717) is 18.3 Å². The van der Waals surface area contributed by atoms with Gasteiger partial charge in [-0.05, 0) is 32.4 Å². The normalized spacial score (nSPS) is 18.5. The highest BCUT2D eigenvalue weighted by molar-refractivity contribution is 5.52. The number of halogens is 1. The van der Waals surface area contributed by atoms with Crippen LogP contribution in [-0.2, 0) is 0 Å². The molecule has 1 aliphatic rings. The number of nitrogens with one attached hydrogen (secondary N) is 1. The van der Waals surface area contributed by atoms with Gasteiger partial charge in [0, 0.05) is 25.2 Å². The molecule has 1 aliphatic heterocycles. The van der Waals surface area contributed by atoms with Crippen LogP contribution in [-0.4, -0.2) is 30.6 Å². The molecular formula is C13H18FN3O2. The minimum atomic E-state index is -0.582. The zero-order valence-corrected chi connectivity index (χ0v) is 10.9. The van der Waals surface area contributed by atoms with E-state index in [1.807, 2.05) is 11.8 Å². The maximum atomic E-state index is 14.0. The molecule has 0 radical (unpaired) electrons. The second kappa shape index (κ2) is 5.97. The van der Waals surface area contributed by atoms with Gasteiger partial charge in [0.2, 0.25) is 0 Å². The van der Waals surface area contributed by atoms with Gasteiger partial charge < -0.3 is 10.2 Å². The van der Waals surface area contributed by atoms with E-state index in [2.05, 4.69) is 5.32 Å². The molecule has 19 heavy (non-hydrogen) atoms. The van der Waals surface area contributed by atoms with E-state index in [-0.39, 0.29) is 5.69 Å². The molecule has 0 aromatic heterocycles. The van der Waals surface area contributed by atoms with Gasteiger partial charge >= 0.3 is 0 Å². The van der Waals surface area contributed by atoms with E-state index in [9.17, 15) is 14.5 Å². The summed E-state index contributed by atoms with van der Waals surface area (Å²) >= 11 is 0. The largest absolute Gasteiger partial charge is 0.368 e. The molecule has 0 spiro atoms. The Labute approximate surface area is 111 Å². The lowest BCUT2D eigenvalue weighted by Crippen LogP contribution is -2.37. The third-order valence-corrected chi connectivity index (χ3v) is 3.47. The highest BCUT2D eigenvalue weighted by Crippen LogP contribution is 2.24. The number of non-ortho nitro benzene ring substituents is 1. The fraction of sp³-hybridized carbons (Fsp3) is 0.538. The predicted molar refractivity (Wildman–Crippen MR) is 72.0 cm³/mol. The third kappa shape index (κ3) is 3.20. The second-order valence-electron chi connectivity index (χ2n) is 4.72. The van der Waals surface area contributed by atoms with Crippen molar-refractivity contribution in [3.05, 3.63) is 34.1 Å². The van der Waals surface area contributed by atoms with E-state index < -0.39 is 10.7 Å². The van der Waals surface area contributed by atoms with Crippen LogP contribution >= 0.6 is 0 Å². The van der Waals surface area contributed by atoms with E-state index >= 15 is 0 Å². The predicted octanol–water partition coefficient (Wildman–Crippen LogP) is 2.31. The maximum absolute atomic E-state index is 14.0. The topological polar surface area (TPSA) is 58.4 Å². The summed E-state index contributed by atoms with van der Waals surface area (Å²) in [5.41, 5.74) is 0.220. The molecule has 6 heteroatoms. The number of nitrogens with zero attached hydrogens (tertiary/aromatic N) is 2. The Hall–Kier alpha value is -1.69. The molecule has 1 N–H and O–H groups in total. The number of hydrogen-bond acceptors (Lipinski definition) is 4. The summed E-state index contributed by atoms with van der Waals surface area (Å²) in [6.45, 7) is 4.36. The summed E-state index contributed by atoms with van der Waals surface area (Å²) in [4.78, 5) is 11.9. The molecule has 1 atom stereocenters. The minimum Gasteiger partial charge on any atom is -0.368 e. The van der Waals surface area contributed by atoms with Crippen molar-refractivity contribution >= 4 is 11.4 Å². The SMILES string of the molecule is CCN(CC1CCCN1)c1ccc([N+](=O)[O-])cc1F. The Kier molecular flexibility index (Phi) is 4.31. The van der Waals surface area contributed by atoms with Crippen LogP contribution in [0.3, 0.4) is 0 Å². The summed E-state index contributed by atoms with van der Waals surface area (Å²) in [6, 6.07) is 4.20. The van der Waals surface area contributed by atoms with Crippen LogP contribution in [0.5, 0.6) is 0 Å². The summed E-state index contributed by atoms with van der Waals surface area (Å²) in [5.74, 6) is -0.533. The first-order chi connectivity index (χ1) is 9.11. The number of nitro groups is 1. The Bertz CT molecular complexity index is 461. The van der Waals surface area contributed by atoms with Gasteiger partial charge in [-0.25, -0.2) is 4.39 Å². The fourth-order valence-corrected chi connectivity index (χ4v) is 2.44. The molecule has 0 saturated carbocycles. The third-order valence-electron chi connectivity index (χ3n) is 3.47. The number of nitro benzene ring substituents is 1. The molecule has 0 bridgehead atoms. The molecule has 0 aliphatic carbocycles. The van der Waals surface area contributed by atoms with Gasteiger partial charge in [-0.3, -0.25) is 10.1 Å². The highest BCUT2D eigenvalue weighted by Gasteiger charge is 2.20. The molecule has 1 unspecified atom stereocenters. The summed E-state index contributed by atoms with van der Waals surface area (Å²) < 4.78 is 14.0. The summed E-state index contributed by atoms with van der Waals surface area (Å²) in [7, 11) is 0. The summed E-state index contributed by atoms with van der Waals surface area (Å²) in [6.07, 6.45) is 2.23. The average molecular weight is 267 g/mol. The van der Waals surface area contributed by atoms with E-state index in [0.717, 1.165) is 32.0 Å². The number of benzene rings is 1. The Morgan fingerprint density at radius 3 is 2.89 bits per heavy atom. The molecule has 2 rings (SSSR count). The minimum absolute atomic E-state index is 0.212. The van der Waals surface area contributed by atoms with E-state index in [4.69, 9.17) is 0 Å². The number of anilines is 1. The first-order valence-corrected chi connectivity index (χ1v) is 6.54. The Morgan fingerprint density at radius 1 is 1.58 bits per heavy atom. The van der Waals surface area contributed by atoms with Crippen LogP contribution in [0, 0.1) is 15.9 Å². The average Bonchev–Trinajstić information content (AvgIpc) is 2.89. The van der Waals surface area contributed by atoms with Crippen LogP contribution in [0.2, 0.25) is 0 Å². The first-order valence-electron chi connectivity index (χ1n) is 6.54. The fourth-order valence-electron chi connectivity index (χ4n) is 2.44. The maximum Gasteiger partial charge on any atom is 0.272 e. The Balaban J connectivity index is 2.15.